The summed E-state index contributed by atoms with van der Waals surface area (Å²) in [5, 5.41) is 8.12. The molecule has 9 nitrogen and oxygen atoms in total. The van der Waals surface area contributed by atoms with Crippen LogP contribution in [0, 0.1) is 0 Å². The third kappa shape index (κ3) is 5.56. The Hall–Kier alpha value is -3.04. The summed E-state index contributed by atoms with van der Waals surface area (Å²) < 4.78 is 21.5. The molecule has 1 atom stereocenters. The van der Waals surface area contributed by atoms with Crippen LogP contribution in [0.5, 0.6) is 23.0 Å². The summed E-state index contributed by atoms with van der Waals surface area (Å²) in [6.07, 6.45) is 0. The molecule has 0 heterocycles. The highest BCUT2D eigenvalue weighted by molar-refractivity contribution is 6.39. The number of methoxy groups -OCH3 is 4. The van der Waals surface area contributed by atoms with Gasteiger partial charge in [-0.05, 0) is 19.1 Å². The molecule has 2 rings (SSSR count). The van der Waals surface area contributed by atoms with Gasteiger partial charge in [-0.2, -0.15) is 10.2 Å². The highest BCUT2D eigenvalue weighted by Crippen LogP contribution is 2.38. The number of hydrogen-bond donors (Lipinski definition) is 0. The van der Waals surface area contributed by atoms with E-state index in [1.165, 1.54) is 53.6 Å². The molecule has 2 aromatic rings. The smallest absolute Gasteiger partial charge is 0.276 e. The SMILES string of the molecule is COc1ccc(N(Cl)C(=O)C(N=Nc2cc(OC)c(Cl)c(OC)c2)C(C)=O)c(OC)c1. The Labute approximate surface area is 189 Å². The van der Waals surface area contributed by atoms with Crippen molar-refractivity contribution < 1.29 is 28.5 Å². The number of nitrogens with zero attached hydrogens (tertiary/aromatic N) is 3. The lowest BCUT2D eigenvalue weighted by Gasteiger charge is -2.19. The lowest BCUT2D eigenvalue weighted by molar-refractivity contribution is -0.126. The third-order valence-electron chi connectivity index (χ3n) is 4.13. The number of azo groups is 1. The van der Waals surface area contributed by atoms with E-state index >= 15 is 0 Å². The molecule has 0 N–H and O–H groups in total. The molecular weight excluding hydrogens is 449 g/mol. The summed E-state index contributed by atoms with van der Waals surface area (Å²) in [4.78, 5) is 25.0. The minimum atomic E-state index is -1.49. The zero-order chi connectivity index (χ0) is 23.1. The van der Waals surface area contributed by atoms with Gasteiger partial charge in [-0.3, -0.25) is 9.59 Å². The lowest BCUT2D eigenvalue weighted by Crippen LogP contribution is -2.36. The van der Waals surface area contributed by atoms with Crippen LogP contribution in [0.1, 0.15) is 6.92 Å². The van der Waals surface area contributed by atoms with Crippen LogP contribution in [0.2, 0.25) is 5.02 Å². The highest BCUT2D eigenvalue weighted by Gasteiger charge is 2.30. The normalized spacial score (nSPS) is 11.7. The second kappa shape index (κ2) is 10.8. The molecule has 0 aliphatic heterocycles. The van der Waals surface area contributed by atoms with Gasteiger partial charge in [0.05, 0.1) is 34.1 Å². The van der Waals surface area contributed by atoms with E-state index < -0.39 is 17.7 Å². The number of halogens is 2. The Bertz CT molecular complexity index is 974. The Morgan fingerprint density at radius 3 is 2.00 bits per heavy atom. The molecule has 0 aliphatic rings. The van der Waals surface area contributed by atoms with Gasteiger partial charge in [0, 0.05) is 30.0 Å². The maximum Gasteiger partial charge on any atom is 0.276 e. The largest absolute Gasteiger partial charge is 0.497 e. The van der Waals surface area contributed by atoms with E-state index in [2.05, 4.69) is 10.2 Å². The number of hydrogen-bond acceptors (Lipinski definition) is 8. The number of carbonyl (C=O) groups excluding carboxylic acids is 2. The number of amides is 1. The van der Waals surface area contributed by atoms with Gasteiger partial charge in [0.25, 0.3) is 5.91 Å². The van der Waals surface area contributed by atoms with Crippen LogP contribution in [0.25, 0.3) is 0 Å². The monoisotopic (exact) mass is 469 g/mol. The molecule has 31 heavy (non-hydrogen) atoms. The fourth-order valence-electron chi connectivity index (χ4n) is 2.52. The fourth-order valence-corrected chi connectivity index (χ4v) is 3.01. The molecular formula is C20H21Cl2N3O6. The first-order chi connectivity index (χ1) is 14.8. The molecule has 0 fully saturated rings. The van der Waals surface area contributed by atoms with E-state index in [1.54, 1.807) is 12.1 Å². The average molecular weight is 470 g/mol. The zero-order valence-corrected chi connectivity index (χ0v) is 19.0. The first kappa shape index (κ1) is 24.2. The molecule has 1 unspecified atom stereocenters. The second-order valence-electron chi connectivity index (χ2n) is 6.05. The summed E-state index contributed by atoms with van der Waals surface area (Å²) in [6.45, 7) is 1.21. The Balaban J connectivity index is 2.36. The minimum Gasteiger partial charge on any atom is -0.497 e. The summed E-state index contributed by atoms with van der Waals surface area (Å²) >= 11 is 12.4. The molecule has 0 aliphatic carbocycles. The molecule has 0 saturated carbocycles. The summed E-state index contributed by atoms with van der Waals surface area (Å²) in [6, 6.07) is 6.15. The molecule has 0 aromatic heterocycles. The molecule has 0 radical (unpaired) electrons. The average Bonchev–Trinajstić information content (AvgIpc) is 2.78. The molecule has 1 amide bonds. The minimum absolute atomic E-state index is 0.214. The van der Waals surface area contributed by atoms with E-state index in [1.807, 2.05) is 0 Å². The van der Waals surface area contributed by atoms with Gasteiger partial charge in [0.1, 0.15) is 33.7 Å². The topological polar surface area (TPSA) is 99.0 Å². The number of carbonyl (C=O) groups is 2. The van der Waals surface area contributed by atoms with Crippen molar-refractivity contribution >= 4 is 46.4 Å². The van der Waals surface area contributed by atoms with Gasteiger partial charge in [-0.25, -0.2) is 4.42 Å². The quantitative estimate of drug-likeness (QED) is 0.302. The summed E-state index contributed by atoms with van der Waals surface area (Å²) in [5.74, 6) is -0.0000625. The van der Waals surface area contributed by atoms with Crippen molar-refractivity contribution in [2.75, 3.05) is 32.9 Å². The number of ketones is 1. The van der Waals surface area contributed by atoms with Crippen LogP contribution < -0.4 is 23.4 Å². The van der Waals surface area contributed by atoms with Crippen LogP contribution in [-0.2, 0) is 9.59 Å². The standard InChI is InChI=1S/C20H21Cl2N3O6/c1-11(26)19(24-23-12-8-16(30-4)18(21)17(9-12)31-5)20(27)25(22)14-7-6-13(28-2)10-15(14)29-3/h6-10,19H,1-5H3. The predicted molar refractivity (Wildman–Crippen MR) is 116 cm³/mol. The highest BCUT2D eigenvalue weighted by atomic mass is 35.5. The Morgan fingerprint density at radius 2 is 1.52 bits per heavy atom. The van der Waals surface area contributed by atoms with Crippen LogP contribution in [0.3, 0.4) is 0 Å². The first-order valence-electron chi connectivity index (χ1n) is 8.81. The summed E-state index contributed by atoms with van der Waals surface area (Å²) in [5.41, 5.74) is 0.478. The van der Waals surface area contributed by atoms with Crippen molar-refractivity contribution in [3.05, 3.63) is 35.4 Å². The number of benzene rings is 2. The van der Waals surface area contributed by atoms with Crippen LogP contribution >= 0.6 is 23.4 Å². The number of Topliss-reactive ketones (excluding diaryl/α,β-unsaturated/α-hetero) is 1. The van der Waals surface area contributed by atoms with E-state index in [-0.39, 0.29) is 22.1 Å². The van der Waals surface area contributed by atoms with Crippen molar-refractivity contribution in [3.8, 4) is 23.0 Å². The van der Waals surface area contributed by atoms with Gasteiger partial charge in [-0.1, -0.05) is 11.6 Å². The van der Waals surface area contributed by atoms with E-state index in [0.29, 0.717) is 17.2 Å². The second-order valence-corrected chi connectivity index (χ2v) is 6.77. The molecule has 2 aromatic carbocycles. The molecule has 11 heteroatoms. The predicted octanol–water partition coefficient (Wildman–Crippen LogP) is 4.60. The van der Waals surface area contributed by atoms with Gasteiger partial charge < -0.3 is 18.9 Å². The van der Waals surface area contributed by atoms with E-state index in [0.717, 1.165) is 4.42 Å². The van der Waals surface area contributed by atoms with E-state index in [4.69, 9.17) is 42.3 Å². The van der Waals surface area contributed by atoms with Crippen molar-refractivity contribution in [1.82, 2.24) is 0 Å². The van der Waals surface area contributed by atoms with Gasteiger partial charge in [0.2, 0.25) is 6.04 Å². The summed E-state index contributed by atoms with van der Waals surface area (Å²) in [7, 11) is 5.76. The van der Waals surface area contributed by atoms with Gasteiger partial charge >= 0.3 is 0 Å². The fraction of sp³-hybridized carbons (Fsp3) is 0.300. The van der Waals surface area contributed by atoms with Gasteiger partial charge in [0.15, 0.2) is 5.78 Å². The zero-order valence-electron chi connectivity index (χ0n) is 17.5. The lowest BCUT2D eigenvalue weighted by atomic mass is 10.2. The third-order valence-corrected chi connectivity index (χ3v) is 4.85. The number of ether oxygens (including phenoxy) is 4. The van der Waals surface area contributed by atoms with Crippen LogP contribution in [0.15, 0.2) is 40.6 Å². The first-order valence-corrected chi connectivity index (χ1v) is 9.53. The number of rotatable bonds is 9. The van der Waals surface area contributed by atoms with Crippen molar-refractivity contribution in [1.29, 1.82) is 0 Å². The van der Waals surface area contributed by atoms with Crippen molar-refractivity contribution in [2.24, 2.45) is 10.2 Å². The van der Waals surface area contributed by atoms with Crippen LogP contribution in [0.4, 0.5) is 11.4 Å². The Kier molecular flexibility index (Phi) is 8.47. The number of anilines is 1. The van der Waals surface area contributed by atoms with Crippen LogP contribution in [-0.4, -0.2) is 46.2 Å². The van der Waals surface area contributed by atoms with Gasteiger partial charge in [-0.15, -0.1) is 0 Å². The molecule has 0 saturated heterocycles. The van der Waals surface area contributed by atoms with Crippen molar-refractivity contribution in [2.45, 2.75) is 13.0 Å². The Morgan fingerprint density at radius 1 is 0.935 bits per heavy atom. The molecule has 0 spiro atoms. The van der Waals surface area contributed by atoms with Crippen molar-refractivity contribution in [3.63, 3.8) is 0 Å². The molecule has 0 bridgehead atoms. The maximum atomic E-state index is 12.9. The molecule has 166 valence electrons. The maximum absolute atomic E-state index is 12.9. The van der Waals surface area contributed by atoms with E-state index in [9.17, 15) is 9.59 Å².